The van der Waals surface area contributed by atoms with Gasteiger partial charge < -0.3 is 4.74 Å². The number of ether oxygens (including phenoxy) is 1. The van der Waals surface area contributed by atoms with Crippen LogP contribution >= 0.6 is 0 Å². The standard InChI is InChI=1S/C14H19NO2/c1-11-8-13(15(2)9-11)14(16)17-10-12-6-4-3-5-7-12/h3-7,11,13H,8-10H2,1-2H3/t11-,13+/m1/s1. The molecule has 1 aliphatic heterocycles. The Bertz CT molecular complexity index is 377. The van der Waals surface area contributed by atoms with Gasteiger partial charge in [0.15, 0.2) is 0 Å². The highest BCUT2D eigenvalue weighted by Crippen LogP contribution is 2.22. The van der Waals surface area contributed by atoms with E-state index in [1.54, 1.807) is 0 Å². The molecule has 0 saturated carbocycles. The topological polar surface area (TPSA) is 29.5 Å². The quantitative estimate of drug-likeness (QED) is 0.748. The molecule has 0 aliphatic carbocycles. The van der Waals surface area contributed by atoms with Gasteiger partial charge in [-0.1, -0.05) is 37.3 Å². The molecule has 0 amide bonds. The summed E-state index contributed by atoms with van der Waals surface area (Å²) in [6.45, 7) is 3.52. The van der Waals surface area contributed by atoms with E-state index in [0.717, 1.165) is 18.5 Å². The van der Waals surface area contributed by atoms with Crippen LogP contribution in [-0.4, -0.2) is 30.5 Å². The molecule has 1 aromatic carbocycles. The summed E-state index contributed by atoms with van der Waals surface area (Å²) in [4.78, 5) is 14.0. The first-order chi connectivity index (χ1) is 8.16. The van der Waals surface area contributed by atoms with Crippen molar-refractivity contribution in [3.05, 3.63) is 35.9 Å². The molecular weight excluding hydrogens is 214 g/mol. The molecule has 3 nitrogen and oxygen atoms in total. The van der Waals surface area contributed by atoms with Crippen LogP contribution in [0.15, 0.2) is 30.3 Å². The average Bonchev–Trinajstić information content (AvgIpc) is 2.67. The van der Waals surface area contributed by atoms with Gasteiger partial charge in [0.25, 0.3) is 0 Å². The van der Waals surface area contributed by atoms with E-state index in [1.165, 1.54) is 0 Å². The predicted molar refractivity (Wildman–Crippen MR) is 66.4 cm³/mol. The lowest BCUT2D eigenvalue weighted by Gasteiger charge is -2.17. The summed E-state index contributed by atoms with van der Waals surface area (Å²) in [5, 5.41) is 0. The molecule has 0 N–H and O–H groups in total. The minimum absolute atomic E-state index is 0.0614. The first kappa shape index (κ1) is 12.1. The highest BCUT2D eigenvalue weighted by atomic mass is 16.5. The van der Waals surface area contributed by atoms with Gasteiger partial charge in [-0.05, 0) is 24.9 Å². The van der Waals surface area contributed by atoms with Gasteiger partial charge in [0.1, 0.15) is 12.6 Å². The van der Waals surface area contributed by atoms with Crippen LogP contribution in [0.1, 0.15) is 18.9 Å². The summed E-state index contributed by atoms with van der Waals surface area (Å²) in [5.41, 5.74) is 1.04. The van der Waals surface area contributed by atoms with Gasteiger partial charge >= 0.3 is 5.97 Å². The second-order valence-corrected chi connectivity index (χ2v) is 4.89. The smallest absolute Gasteiger partial charge is 0.323 e. The zero-order valence-corrected chi connectivity index (χ0v) is 10.4. The first-order valence-corrected chi connectivity index (χ1v) is 6.07. The summed E-state index contributed by atoms with van der Waals surface area (Å²) < 4.78 is 5.35. The van der Waals surface area contributed by atoms with Gasteiger partial charge in [0.2, 0.25) is 0 Å². The van der Waals surface area contributed by atoms with Gasteiger partial charge in [-0.2, -0.15) is 0 Å². The number of carbonyl (C=O) groups is 1. The maximum atomic E-state index is 11.9. The number of hydrogen-bond acceptors (Lipinski definition) is 3. The largest absolute Gasteiger partial charge is 0.460 e. The minimum Gasteiger partial charge on any atom is -0.460 e. The van der Waals surface area contributed by atoms with E-state index >= 15 is 0 Å². The lowest BCUT2D eigenvalue weighted by molar-refractivity contribution is -0.149. The first-order valence-electron chi connectivity index (χ1n) is 6.07. The van der Waals surface area contributed by atoms with Crippen molar-refractivity contribution in [3.63, 3.8) is 0 Å². The molecule has 1 aliphatic rings. The molecule has 0 unspecified atom stereocenters. The van der Waals surface area contributed by atoms with Crippen molar-refractivity contribution in [1.29, 1.82) is 0 Å². The number of likely N-dealkylation sites (N-methyl/N-ethyl adjacent to an activating group) is 1. The number of benzene rings is 1. The molecule has 3 heteroatoms. The third-order valence-corrected chi connectivity index (χ3v) is 3.25. The Labute approximate surface area is 102 Å². The van der Waals surface area contributed by atoms with Crippen LogP contribution in [0.2, 0.25) is 0 Å². The predicted octanol–water partition coefficient (Wildman–Crippen LogP) is 2.07. The molecule has 17 heavy (non-hydrogen) atoms. The Kier molecular flexibility index (Phi) is 3.79. The van der Waals surface area contributed by atoms with Crippen molar-refractivity contribution in [3.8, 4) is 0 Å². The molecule has 92 valence electrons. The van der Waals surface area contributed by atoms with Crippen LogP contribution < -0.4 is 0 Å². The second-order valence-electron chi connectivity index (χ2n) is 4.89. The number of hydrogen-bond donors (Lipinski definition) is 0. The summed E-state index contributed by atoms with van der Waals surface area (Å²) in [6.07, 6.45) is 0.907. The number of rotatable bonds is 3. The lowest BCUT2D eigenvalue weighted by atomic mass is 10.1. The third kappa shape index (κ3) is 3.07. The number of esters is 1. The maximum absolute atomic E-state index is 11.9. The minimum atomic E-state index is -0.0966. The van der Waals surface area contributed by atoms with Gasteiger partial charge in [0.05, 0.1) is 0 Å². The monoisotopic (exact) mass is 233 g/mol. The molecule has 0 bridgehead atoms. The summed E-state index contributed by atoms with van der Waals surface area (Å²) >= 11 is 0. The fraction of sp³-hybridized carbons (Fsp3) is 0.500. The second kappa shape index (κ2) is 5.32. The van der Waals surface area contributed by atoms with E-state index in [9.17, 15) is 4.79 Å². The summed E-state index contributed by atoms with van der Waals surface area (Å²) in [5.74, 6) is 0.481. The van der Waals surface area contributed by atoms with Crippen LogP contribution in [0.3, 0.4) is 0 Å². The summed E-state index contributed by atoms with van der Waals surface area (Å²) in [6, 6.07) is 9.73. The van der Waals surface area contributed by atoms with Gasteiger partial charge in [-0.15, -0.1) is 0 Å². The van der Waals surface area contributed by atoms with Crippen LogP contribution in [0, 0.1) is 5.92 Å². The normalized spacial score (nSPS) is 24.8. The van der Waals surface area contributed by atoms with Crippen molar-refractivity contribution < 1.29 is 9.53 Å². The van der Waals surface area contributed by atoms with E-state index in [2.05, 4.69) is 11.8 Å². The molecule has 1 heterocycles. The molecule has 1 fully saturated rings. The molecule has 0 spiro atoms. The molecular formula is C14H19NO2. The van der Waals surface area contributed by atoms with Crippen molar-refractivity contribution in [1.82, 2.24) is 4.90 Å². The van der Waals surface area contributed by atoms with Crippen molar-refractivity contribution >= 4 is 5.97 Å². The van der Waals surface area contributed by atoms with E-state index in [0.29, 0.717) is 12.5 Å². The third-order valence-electron chi connectivity index (χ3n) is 3.25. The lowest BCUT2D eigenvalue weighted by Crippen LogP contribution is -2.34. The van der Waals surface area contributed by atoms with E-state index < -0.39 is 0 Å². The van der Waals surface area contributed by atoms with Crippen LogP contribution in [0.5, 0.6) is 0 Å². The zero-order chi connectivity index (χ0) is 12.3. The molecule has 1 saturated heterocycles. The zero-order valence-electron chi connectivity index (χ0n) is 10.4. The summed E-state index contributed by atoms with van der Waals surface area (Å²) in [7, 11) is 1.98. The molecule has 0 radical (unpaired) electrons. The van der Waals surface area contributed by atoms with E-state index in [-0.39, 0.29) is 12.0 Å². The van der Waals surface area contributed by atoms with E-state index in [1.807, 2.05) is 37.4 Å². The van der Waals surface area contributed by atoms with Crippen LogP contribution in [0.25, 0.3) is 0 Å². The number of likely N-dealkylation sites (tertiary alicyclic amines) is 1. The Morgan fingerprint density at radius 2 is 2.12 bits per heavy atom. The fourth-order valence-corrected chi connectivity index (χ4v) is 2.36. The van der Waals surface area contributed by atoms with Crippen LogP contribution in [-0.2, 0) is 16.1 Å². The molecule has 0 aromatic heterocycles. The van der Waals surface area contributed by atoms with Crippen molar-refractivity contribution in [2.24, 2.45) is 5.92 Å². The SMILES string of the molecule is C[C@@H]1C[C@@H](C(=O)OCc2ccccc2)N(C)C1. The van der Waals surface area contributed by atoms with E-state index in [4.69, 9.17) is 4.74 Å². The fourth-order valence-electron chi connectivity index (χ4n) is 2.36. The van der Waals surface area contributed by atoms with Gasteiger partial charge in [0, 0.05) is 6.54 Å². The number of nitrogens with zero attached hydrogens (tertiary/aromatic N) is 1. The Balaban J connectivity index is 1.86. The van der Waals surface area contributed by atoms with Gasteiger partial charge in [-0.3, -0.25) is 9.69 Å². The highest BCUT2D eigenvalue weighted by Gasteiger charge is 2.33. The molecule has 2 rings (SSSR count). The maximum Gasteiger partial charge on any atom is 0.323 e. The number of carbonyl (C=O) groups excluding carboxylic acids is 1. The van der Waals surface area contributed by atoms with Crippen molar-refractivity contribution in [2.45, 2.75) is 26.0 Å². The van der Waals surface area contributed by atoms with Crippen LogP contribution in [0.4, 0.5) is 0 Å². The Morgan fingerprint density at radius 1 is 1.41 bits per heavy atom. The Hall–Kier alpha value is -1.35. The average molecular weight is 233 g/mol. The highest BCUT2D eigenvalue weighted by molar-refractivity contribution is 5.76. The molecule has 1 aromatic rings. The van der Waals surface area contributed by atoms with Crippen molar-refractivity contribution in [2.75, 3.05) is 13.6 Å². The van der Waals surface area contributed by atoms with Gasteiger partial charge in [-0.25, -0.2) is 0 Å². The molecule has 2 atom stereocenters. The Morgan fingerprint density at radius 3 is 2.71 bits per heavy atom.